The molecule has 2 heterocycles. The number of methoxy groups -OCH3 is 1. The number of amides is 1. The van der Waals surface area contributed by atoms with Crippen molar-refractivity contribution in [2.24, 2.45) is 10.8 Å². The fraction of sp³-hybridized carbons (Fsp3) is 0.407. The zero-order valence-electron chi connectivity index (χ0n) is 20.5. The van der Waals surface area contributed by atoms with Crippen LogP contribution in [-0.4, -0.2) is 45.2 Å². The normalized spacial score (nSPS) is 22.7. The molecule has 0 N–H and O–H groups in total. The van der Waals surface area contributed by atoms with E-state index in [9.17, 15) is 14.9 Å². The number of aromatic nitrogens is 2. The van der Waals surface area contributed by atoms with E-state index in [2.05, 4.69) is 20.8 Å². The average Bonchev–Trinajstić information content (AvgIpc) is 3.37. The van der Waals surface area contributed by atoms with Crippen molar-refractivity contribution in [3.8, 4) is 22.7 Å². The van der Waals surface area contributed by atoms with Gasteiger partial charge in [-0.2, -0.15) is 5.10 Å². The van der Waals surface area contributed by atoms with E-state index in [1.54, 1.807) is 30.0 Å². The third-order valence-electron chi connectivity index (χ3n) is 7.25. The number of ether oxygens (including phenoxy) is 1. The quantitative estimate of drug-likeness (QED) is 0.360. The summed E-state index contributed by atoms with van der Waals surface area (Å²) < 4.78 is 6.90. The number of nitro benzene ring substituents is 1. The summed E-state index contributed by atoms with van der Waals surface area (Å²) in [6.07, 6.45) is 3.04. The zero-order chi connectivity index (χ0) is 25.0. The first-order valence-electron chi connectivity index (χ1n) is 11.9. The van der Waals surface area contributed by atoms with Gasteiger partial charge in [0.1, 0.15) is 11.4 Å². The number of fused-ring (bicyclic) bond motifs is 2. The first-order valence-corrected chi connectivity index (χ1v) is 11.9. The summed E-state index contributed by atoms with van der Waals surface area (Å²) in [6, 6.07) is 15.7. The standard InChI is InChI=1S/C27H30N4O4/c1-26(2)14-21-15-27(3,16-26)17-29(21)25(32)24-13-23(18-7-5-10-22(11-18)35-4)28-30(24)19-8-6-9-20(12-19)31(33)34/h5-13,21H,14-17H2,1-4H3. The lowest BCUT2D eigenvalue weighted by Gasteiger charge is -2.39. The molecule has 3 aromatic rings. The van der Waals surface area contributed by atoms with Crippen molar-refractivity contribution in [2.45, 2.75) is 46.1 Å². The molecule has 2 unspecified atom stereocenters. The Morgan fingerprint density at radius 2 is 1.89 bits per heavy atom. The number of benzene rings is 2. The number of hydrogen-bond donors (Lipinski definition) is 0. The molecule has 8 nitrogen and oxygen atoms in total. The highest BCUT2D eigenvalue weighted by Gasteiger charge is 2.51. The van der Waals surface area contributed by atoms with Crippen molar-refractivity contribution in [1.29, 1.82) is 0 Å². The fourth-order valence-electron chi connectivity index (χ4n) is 6.24. The molecule has 1 amide bonds. The molecule has 2 fully saturated rings. The van der Waals surface area contributed by atoms with Gasteiger partial charge >= 0.3 is 0 Å². The number of non-ortho nitro benzene ring substituents is 1. The van der Waals surface area contributed by atoms with Crippen LogP contribution in [0.1, 0.15) is 50.5 Å². The van der Waals surface area contributed by atoms with Crippen LogP contribution in [0.25, 0.3) is 16.9 Å². The number of hydrogen-bond acceptors (Lipinski definition) is 5. The Labute approximate surface area is 204 Å². The van der Waals surface area contributed by atoms with E-state index < -0.39 is 4.92 Å². The molecule has 0 spiro atoms. The smallest absolute Gasteiger partial charge is 0.272 e. The maximum atomic E-state index is 14.0. The van der Waals surface area contributed by atoms with E-state index in [1.165, 1.54) is 12.1 Å². The maximum Gasteiger partial charge on any atom is 0.272 e. The Kier molecular flexibility index (Phi) is 5.42. The van der Waals surface area contributed by atoms with Crippen molar-refractivity contribution in [1.82, 2.24) is 14.7 Å². The Balaban J connectivity index is 1.60. The van der Waals surface area contributed by atoms with Gasteiger partial charge in [-0.05, 0) is 54.4 Å². The zero-order valence-corrected chi connectivity index (χ0v) is 20.5. The highest BCUT2D eigenvalue weighted by Crippen LogP contribution is 2.52. The lowest BCUT2D eigenvalue weighted by atomic mass is 9.65. The number of carbonyl (C=O) groups excluding carboxylic acids is 1. The Morgan fingerprint density at radius 3 is 2.63 bits per heavy atom. The van der Waals surface area contributed by atoms with Gasteiger partial charge in [-0.1, -0.05) is 39.0 Å². The highest BCUT2D eigenvalue weighted by atomic mass is 16.6. The molecule has 2 atom stereocenters. The summed E-state index contributed by atoms with van der Waals surface area (Å²) in [4.78, 5) is 27.0. The average molecular weight is 475 g/mol. The van der Waals surface area contributed by atoms with Crippen molar-refractivity contribution < 1.29 is 14.5 Å². The summed E-state index contributed by atoms with van der Waals surface area (Å²) in [5.41, 5.74) is 2.50. The molecule has 1 aliphatic heterocycles. The first-order chi connectivity index (χ1) is 16.6. The van der Waals surface area contributed by atoms with Crippen LogP contribution < -0.4 is 4.74 Å². The van der Waals surface area contributed by atoms with Gasteiger partial charge in [-0.3, -0.25) is 14.9 Å². The van der Waals surface area contributed by atoms with Gasteiger partial charge in [0, 0.05) is 30.3 Å². The first kappa shape index (κ1) is 23.1. The minimum Gasteiger partial charge on any atom is -0.497 e. The number of rotatable bonds is 5. The molecule has 2 aliphatic rings. The Bertz CT molecular complexity index is 1310. The van der Waals surface area contributed by atoms with Crippen LogP contribution in [-0.2, 0) is 0 Å². The molecule has 0 radical (unpaired) electrons. The summed E-state index contributed by atoms with van der Waals surface area (Å²) in [6.45, 7) is 7.53. The van der Waals surface area contributed by atoms with Gasteiger partial charge in [0.15, 0.2) is 0 Å². The van der Waals surface area contributed by atoms with Crippen LogP contribution >= 0.6 is 0 Å². The van der Waals surface area contributed by atoms with E-state index in [4.69, 9.17) is 9.84 Å². The largest absolute Gasteiger partial charge is 0.497 e. The highest BCUT2D eigenvalue weighted by molar-refractivity contribution is 5.95. The topological polar surface area (TPSA) is 90.5 Å². The minimum absolute atomic E-state index is 0.0504. The third-order valence-corrected chi connectivity index (χ3v) is 7.25. The van der Waals surface area contributed by atoms with Crippen LogP contribution in [0.5, 0.6) is 5.75 Å². The van der Waals surface area contributed by atoms with E-state index >= 15 is 0 Å². The van der Waals surface area contributed by atoms with Gasteiger partial charge < -0.3 is 9.64 Å². The second-order valence-electron chi connectivity index (χ2n) is 11.0. The van der Waals surface area contributed by atoms with E-state index in [-0.39, 0.29) is 28.5 Å². The van der Waals surface area contributed by atoms with Crippen molar-refractivity contribution in [3.05, 3.63) is 70.4 Å². The van der Waals surface area contributed by atoms with Crippen molar-refractivity contribution in [2.75, 3.05) is 13.7 Å². The van der Waals surface area contributed by atoms with Crippen LogP contribution in [0.4, 0.5) is 5.69 Å². The van der Waals surface area contributed by atoms with Gasteiger partial charge in [0.2, 0.25) is 0 Å². The van der Waals surface area contributed by atoms with Crippen LogP contribution in [0.15, 0.2) is 54.6 Å². The van der Waals surface area contributed by atoms with E-state index in [0.29, 0.717) is 29.4 Å². The summed E-state index contributed by atoms with van der Waals surface area (Å²) in [5.74, 6) is 0.591. The molecule has 1 aliphatic carbocycles. The Hall–Kier alpha value is -3.68. The molecule has 5 rings (SSSR count). The number of nitro groups is 1. The molecule has 2 bridgehead atoms. The maximum absolute atomic E-state index is 14.0. The molecule has 1 aromatic heterocycles. The van der Waals surface area contributed by atoms with E-state index in [0.717, 1.165) is 24.8 Å². The second-order valence-corrected chi connectivity index (χ2v) is 11.0. The molecular weight excluding hydrogens is 444 g/mol. The minimum atomic E-state index is -0.440. The molecule has 1 saturated heterocycles. The molecule has 8 heteroatoms. The molecule has 2 aromatic carbocycles. The van der Waals surface area contributed by atoms with Crippen LogP contribution in [0.2, 0.25) is 0 Å². The lowest BCUT2D eigenvalue weighted by Crippen LogP contribution is -2.38. The third kappa shape index (κ3) is 4.29. The van der Waals surface area contributed by atoms with Gasteiger partial charge in [-0.25, -0.2) is 4.68 Å². The molecule has 182 valence electrons. The molecule has 35 heavy (non-hydrogen) atoms. The molecular formula is C27H30N4O4. The predicted molar refractivity (Wildman–Crippen MR) is 133 cm³/mol. The van der Waals surface area contributed by atoms with Crippen LogP contribution in [0, 0.1) is 20.9 Å². The predicted octanol–water partition coefficient (Wildman–Crippen LogP) is 5.50. The van der Waals surface area contributed by atoms with Gasteiger partial charge in [0.05, 0.1) is 23.4 Å². The van der Waals surface area contributed by atoms with Crippen molar-refractivity contribution >= 4 is 11.6 Å². The second kappa shape index (κ2) is 8.22. The SMILES string of the molecule is COc1cccc(-c2cc(C(=O)N3CC4(C)CC3CC(C)(C)C4)n(-c3cccc([N+](=O)[O-])c3)n2)c1. The summed E-state index contributed by atoms with van der Waals surface area (Å²) >= 11 is 0. The Morgan fingerprint density at radius 1 is 1.11 bits per heavy atom. The summed E-state index contributed by atoms with van der Waals surface area (Å²) in [5, 5.41) is 16.2. The lowest BCUT2D eigenvalue weighted by molar-refractivity contribution is -0.384. The van der Waals surface area contributed by atoms with Crippen molar-refractivity contribution in [3.63, 3.8) is 0 Å². The molecule has 1 saturated carbocycles. The van der Waals surface area contributed by atoms with Gasteiger partial charge in [0.25, 0.3) is 11.6 Å². The monoisotopic (exact) mass is 474 g/mol. The summed E-state index contributed by atoms with van der Waals surface area (Å²) in [7, 11) is 1.60. The number of likely N-dealkylation sites (tertiary alicyclic amines) is 1. The number of nitrogens with zero attached hydrogens (tertiary/aromatic N) is 4. The van der Waals surface area contributed by atoms with E-state index in [1.807, 2.05) is 29.2 Å². The number of carbonyl (C=O) groups is 1. The van der Waals surface area contributed by atoms with Crippen LogP contribution in [0.3, 0.4) is 0 Å². The fourth-order valence-corrected chi connectivity index (χ4v) is 6.24. The van der Waals surface area contributed by atoms with Gasteiger partial charge in [-0.15, -0.1) is 0 Å².